The van der Waals surface area contributed by atoms with Crippen LogP contribution in [0.4, 0.5) is 0 Å². The Labute approximate surface area is 115 Å². The number of halogens is 1. The number of carbonyl (C=O) groups is 1. The van der Waals surface area contributed by atoms with Crippen LogP contribution in [-0.4, -0.2) is 30.1 Å². The summed E-state index contributed by atoms with van der Waals surface area (Å²) in [6.45, 7) is 1.54. The Balaban J connectivity index is 1.74. The van der Waals surface area contributed by atoms with Crippen molar-refractivity contribution < 1.29 is 9.90 Å². The molecule has 5 heteroatoms. The summed E-state index contributed by atoms with van der Waals surface area (Å²) in [5.41, 5.74) is 0.305. The number of benzene rings is 1. The van der Waals surface area contributed by atoms with E-state index in [1.165, 1.54) is 18.9 Å². The van der Waals surface area contributed by atoms with Crippen LogP contribution in [0.5, 0.6) is 5.75 Å². The topological polar surface area (TPSA) is 61.4 Å². The third-order valence-corrected chi connectivity index (χ3v) is 3.35. The van der Waals surface area contributed by atoms with Crippen molar-refractivity contribution in [3.8, 4) is 5.75 Å². The molecule has 0 aliphatic heterocycles. The van der Waals surface area contributed by atoms with E-state index in [2.05, 4.69) is 26.6 Å². The SMILES string of the molecule is O=C(NCCCNC1CC1)c1cc(Br)ccc1O. The molecule has 18 heavy (non-hydrogen) atoms. The van der Waals surface area contributed by atoms with Crippen molar-refractivity contribution in [3.05, 3.63) is 28.2 Å². The standard InChI is InChI=1S/C13H17BrN2O2/c14-9-2-5-12(17)11(8-9)13(18)16-7-1-6-15-10-3-4-10/h2,5,8,10,15,17H,1,3-4,6-7H2,(H,16,18). The van der Waals surface area contributed by atoms with Crippen LogP contribution in [0.2, 0.25) is 0 Å². The fraction of sp³-hybridized carbons (Fsp3) is 0.462. The number of amides is 1. The molecule has 1 aliphatic carbocycles. The quantitative estimate of drug-likeness (QED) is 0.704. The Kier molecular flexibility index (Phi) is 4.60. The highest BCUT2D eigenvalue weighted by atomic mass is 79.9. The number of phenolic OH excluding ortho intramolecular Hbond substituents is 1. The smallest absolute Gasteiger partial charge is 0.255 e. The van der Waals surface area contributed by atoms with E-state index in [-0.39, 0.29) is 11.7 Å². The second-order valence-corrected chi connectivity index (χ2v) is 5.41. The summed E-state index contributed by atoms with van der Waals surface area (Å²) < 4.78 is 0.779. The first-order valence-electron chi connectivity index (χ1n) is 6.17. The molecule has 1 fully saturated rings. The van der Waals surface area contributed by atoms with E-state index < -0.39 is 0 Å². The Bertz CT molecular complexity index is 433. The molecule has 1 amide bonds. The van der Waals surface area contributed by atoms with E-state index in [0.29, 0.717) is 18.2 Å². The van der Waals surface area contributed by atoms with Gasteiger partial charge in [0, 0.05) is 17.1 Å². The molecule has 0 spiro atoms. The van der Waals surface area contributed by atoms with Crippen molar-refractivity contribution in [1.29, 1.82) is 0 Å². The first-order valence-corrected chi connectivity index (χ1v) is 6.96. The zero-order valence-corrected chi connectivity index (χ0v) is 11.7. The largest absolute Gasteiger partial charge is 0.507 e. The van der Waals surface area contributed by atoms with Crippen molar-refractivity contribution >= 4 is 21.8 Å². The van der Waals surface area contributed by atoms with Crippen LogP contribution in [0.25, 0.3) is 0 Å². The average molecular weight is 313 g/mol. The van der Waals surface area contributed by atoms with Crippen molar-refractivity contribution in [1.82, 2.24) is 10.6 Å². The minimum atomic E-state index is -0.236. The molecule has 4 nitrogen and oxygen atoms in total. The van der Waals surface area contributed by atoms with Crippen LogP contribution in [0.1, 0.15) is 29.6 Å². The van der Waals surface area contributed by atoms with Gasteiger partial charge in [-0.25, -0.2) is 0 Å². The zero-order valence-electron chi connectivity index (χ0n) is 10.1. The normalized spacial score (nSPS) is 14.5. The molecular weight excluding hydrogens is 296 g/mol. The first kappa shape index (κ1) is 13.4. The molecule has 1 aromatic rings. The van der Waals surface area contributed by atoms with Gasteiger partial charge in [0.1, 0.15) is 5.75 Å². The molecule has 0 radical (unpaired) electrons. The summed E-state index contributed by atoms with van der Waals surface area (Å²) in [6.07, 6.45) is 3.45. The molecular formula is C13H17BrN2O2. The summed E-state index contributed by atoms with van der Waals surface area (Å²) >= 11 is 3.28. The van der Waals surface area contributed by atoms with Gasteiger partial charge < -0.3 is 15.7 Å². The molecule has 0 unspecified atom stereocenters. The number of phenols is 1. The minimum absolute atomic E-state index is 0.00630. The van der Waals surface area contributed by atoms with Gasteiger partial charge >= 0.3 is 0 Å². The van der Waals surface area contributed by atoms with E-state index in [0.717, 1.165) is 17.4 Å². The lowest BCUT2D eigenvalue weighted by molar-refractivity contribution is 0.0950. The summed E-state index contributed by atoms with van der Waals surface area (Å²) in [5, 5.41) is 15.8. The molecule has 3 N–H and O–H groups in total. The molecule has 2 rings (SSSR count). The molecule has 1 aliphatic rings. The average Bonchev–Trinajstić information content (AvgIpc) is 3.15. The van der Waals surface area contributed by atoms with Crippen LogP contribution >= 0.6 is 15.9 Å². The van der Waals surface area contributed by atoms with E-state index in [4.69, 9.17) is 0 Å². The molecule has 0 aromatic heterocycles. The van der Waals surface area contributed by atoms with E-state index in [1.54, 1.807) is 12.1 Å². The third-order valence-electron chi connectivity index (χ3n) is 2.85. The highest BCUT2D eigenvalue weighted by Crippen LogP contribution is 2.21. The maximum atomic E-state index is 11.8. The van der Waals surface area contributed by atoms with Gasteiger partial charge in [-0.15, -0.1) is 0 Å². The molecule has 0 heterocycles. The van der Waals surface area contributed by atoms with E-state index >= 15 is 0 Å². The van der Waals surface area contributed by atoms with Crippen LogP contribution in [0, 0.1) is 0 Å². The lowest BCUT2D eigenvalue weighted by Gasteiger charge is -2.07. The molecule has 0 saturated heterocycles. The second-order valence-electron chi connectivity index (χ2n) is 4.50. The predicted octanol–water partition coefficient (Wildman–Crippen LogP) is 2.03. The number of carbonyl (C=O) groups excluding carboxylic acids is 1. The van der Waals surface area contributed by atoms with Gasteiger partial charge in [0.05, 0.1) is 5.56 Å². The number of nitrogens with one attached hydrogen (secondary N) is 2. The highest BCUT2D eigenvalue weighted by molar-refractivity contribution is 9.10. The van der Waals surface area contributed by atoms with Gasteiger partial charge in [0.15, 0.2) is 0 Å². The van der Waals surface area contributed by atoms with Gasteiger partial charge in [-0.2, -0.15) is 0 Å². The molecule has 0 atom stereocenters. The minimum Gasteiger partial charge on any atom is -0.507 e. The lowest BCUT2D eigenvalue weighted by atomic mass is 10.2. The summed E-state index contributed by atoms with van der Waals surface area (Å²) in [7, 11) is 0. The maximum absolute atomic E-state index is 11.8. The Morgan fingerprint density at radius 2 is 2.17 bits per heavy atom. The van der Waals surface area contributed by atoms with E-state index in [9.17, 15) is 9.90 Å². The number of rotatable bonds is 6. The third kappa shape index (κ3) is 3.99. The van der Waals surface area contributed by atoms with Gasteiger partial charge in [-0.3, -0.25) is 4.79 Å². The van der Waals surface area contributed by atoms with Crippen LogP contribution in [0.3, 0.4) is 0 Å². The summed E-state index contributed by atoms with van der Waals surface area (Å²) in [5.74, 6) is -0.230. The van der Waals surface area contributed by atoms with Crippen molar-refractivity contribution in [2.24, 2.45) is 0 Å². The lowest BCUT2D eigenvalue weighted by Crippen LogP contribution is -2.28. The number of hydrogen-bond donors (Lipinski definition) is 3. The molecule has 0 bridgehead atoms. The fourth-order valence-corrected chi connectivity index (χ4v) is 2.03. The Hall–Kier alpha value is -1.07. The van der Waals surface area contributed by atoms with Crippen LogP contribution < -0.4 is 10.6 Å². The maximum Gasteiger partial charge on any atom is 0.255 e. The van der Waals surface area contributed by atoms with Crippen LogP contribution in [0.15, 0.2) is 22.7 Å². The van der Waals surface area contributed by atoms with Gasteiger partial charge in [0.2, 0.25) is 0 Å². The number of aromatic hydroxyl groups is 1. The second kappa shape index (κ2) is 6.20. The van der Waals surface area contributed by atoms with Gasteiger partial charge in [-0.1, -0.05) is 15.9 Å². The van der Waals surface area contributed by atoms with Crippen molar-refractivity contribution in [3.63, 3.8) is 0 Å². The predicted molar refractivity (Wildman–Crippen MR) is 73.8 cm³/mol. The molecule has 1 saturated carbocycles. The van der Waals surface area contributed by atoms with Gasteiger partial charge in [0.25, 0.3) is 5.91 Å². The monoisotopic (exact) mass is 312 g/mol. The highest BCUT2D eigenvalue weighted by Gasteiger charge is 2.19. The van der Waals surface area contributed by atoms with Crippen molar-refractivity contribution in [2.45, 2.75) is 25.3 Å². The zero-order chi connectivity index (χ0) is 13.0. The summed E-state index contributed by atoms with van der Waals surface area (Å²) in [6, 6.07) is 5.53. The Morgan fingerprint density at radius 1 is 1.39 bits per heavy atom. The van der Waals surface area contributed by atoms with Gasteiger partial charge in [-0.05, 0) is 44.0 Å². The fourth-order valence-electron chi connectivity index (χ4n) is 1.67. The number of hydrogen-bond acceptors (Lipinski definition) is 3. The first-order chi connectivity index (χ1) is 8.66. The van der Waals surface area contributed by atoms with E-state index in [1.807, 2.05) is 0 Å². The molecule has 1 aromatic carbocycles. The Morgan fingerprint density at radius 3 is 2.89 bits per heavy atom. The van der Waals surface area contributed by atoms with Crippen molar-refractivity contribution in [2.75, 3.05) is 13.1 Å². The summed E-state index contributed by atoms with van der Waals surface area (Å²) in [4.78, 5) is 11.8. The van der Waals surface area contributed by atoms with Crippen LogP contribution in [-0.2, 0) is 0 Å². The molecule has 98 valence electrons.